The van der Waals surface area contributed by atoms with Crippen molar-refractivity contribution in [2.45, 2.75) is 19.3 Å². The summed E-state index contributed by atoms with van der Waals surface area (Å²) in [6.45, 7) is 4.75. The molecule has 11 rings (SSSR count). The standard InChI is InChI=1S/C57H43N3/c1-57(2)52-32-17-15-30-48(52)51-38-47(39-55(56(51)57)59(43-23-9-4-10-24-43)44-25-11-5-12-26-44)58(42-21-7-3-8-22-42)46-29-19-20-40(36-46)41-34-35-50-49-31-16-18-33-53(49)60(54(50)37-41)45-27-13-6-14-28-45/h3-39H,1-2H3. The number of hydrogen-bond acceptors (Lipinski definition) is 2. The van der Waals surface area contributed by atoms with Crippen LogP contribution in [0.3, 0.4) is 0 Å². The molecule has 286 valence electrons. The SMILES string of the molecule is CC1(C)c2ccccc2-c2cc(N(c3ccccc3)c3cccc(-c4ccc5c6ccccc6n(-c6ccccc6)c5c4)c3)cc(N(c3ccccc3)c3ccccc3)c21. The number of benzene rings is 9. The molecule has 3 nitrogen and oxygen atoms in total. The minimum absolute atomic E-state index is 0.236. The average Bonchev–Trinajstić information content (AvgIpc) is 3.76. The normalized spacial score (nSPS) is 12.6. The molecule has 0 fully saturated rings. The molecule has 1 aromatic heterocycles. The summed E-state index contributed by atoms with van der Waals surface area (Å²) in [7, 11) is 0. The maximum Gasteiger partial charge on any atom is 0.0547 e. The predicted octanol–water partition coefficient (Wildman–Crippen LogP) is 15.7. The van der Waals surface area contributed by atoms with Gasteiger partial charge in [-0.25, -0.2) is 0 Å². The van der Waals surface area contributed by atoms with Crippen LogP contribution in [0, 0.1) is 0 Å². The first-order valence-electron chi connectivity index (χ1n) is 20.8. The van der Waals surface area contributed by atoms with Gasteiger partial charge in [-0.15, -0.1) is 0 Å². The Morgan fingerprint density at radius 2 is 0.917 bits per heavy atom. The van der Waals surface area contributed by atoms with Crippen LogP contribution in [-0.2, 0) is 5.41 Å². The van der Waals surface area contributed by atoms with Crippen molar-refractivity contribution < 1.29 is 0 Å². The average molecular weight is 770 g/mol. The Bertz CT molecular complexity index is 3130. The summed E-state index contributed by atoms with van der Waals surface area (Å²) in [5.74, 6) is 0. The van der Waals surface area contributed by atoms with E-state index in [1.807, 2.05) is 0 Å². The van der Waals surface area contributed by atoms with Crippen LogP contribution in [0.2, 0.25) is 0 Å². The van der Waals surface area contributed by atoms with Crippen molar-refractivity contribution in [3.05, 3.63) is 236 Å². The van der Waals surface area contributed by atoms with Crippen LogP contribution < -0.4 is 9.80 Å². The van der Waals surface area contributed by atoms with Gasteiger partial charge in [0, 0.05) is 50.3 Å². The van der Waals surface area contributed by atoms with E-state index in [1.54, 1.807) is 0 Å². The highest BCUT2D eigenvalue weighted by molar-refractivity contribution is 6.10. The van der Waals surface area contributed by atoms with Crippen LogP contribution in [-0.4, -0.2) is 4.57 Å². The third-order valence-electron chi connectivity index (χ3n) is 12.3. The maximum atomic E-state index is 2.44. The monoisotopic (exact) mass is 769 g/mol. The molecule has 0 atom stereocenters. The van der Waals surface area contributed by atoms with Crippen molar-refractivity contribution in [2.75, 3.05) is 9.80 Å². The van der Waals surface area contributed by atoms with Gasteiger partial charge in [-0.1, -0.05) is 153 Å². The van der Waals surface area contributed by atoms with Crippen LogP contribution in [0.1, 0.15) is 25.0 Å². The van der Waals surface area contributed by atoms with Gasteiger partial charge in [0.15, 0.2) is 0 Å². The highest BCUT2D eigenvalue weighted by Gasteiger charge is 2.40. The second-order valence-corrected chi connectivity index (χ2v) is 16.2. The molecular formula is C57H43N3. The van der Waals surface area contributed by atoms with E-state index in [1.165, 1.54) is 49.6 Å². The molecule has 0 aliphatic heterocycles. The van der Waals surface area contributed by atoms with Crippen molar-refractivity contribution in [3.63, 3.8) is 0 Å². The topological polar surface area (TPSA) is 11.4 Å². The second-order valence-electron chi connectivity index (χ2n) is 16.2. The van der Waals surface area contributed by atoms with Gasteiger partial charge in [0.2, 0.25) is 0 Å². The van der Waals surface area contributed by atoms with Gasteiger partial charge in [0.05, 0.1) is 16.7 Å². The van der Waals surface area contributed by atoms with Crippen LogP contribution >= 0.6 is 0 Å². The molecule has 1 aliphatic carbocycles. The van der Waals surface area contributed by atoms with E-state index >= 15 is 0 Å². The Morgan fingerprint density at radius 1 is 0.367 bits per heavy atom. The fourth-order valence-corrected chi connectivity index (χ4v) is 9.62. The number of aromatic nitrogens is 1. The second kappa shape index (κ2) is 14.3. The summed E-state index contributed by atoms with van der Waals surface area (Å²) < 4.78 is 2.39. The van der Waals surface area contributed by atoms with E-state index in [0.717, 1.165) is 45.4 Å². The molecule has 3 heteroatoms. The first-order valence-corrected chi connectivity index (χ1v) is 20.8. The van der Waals surface area contributed by atoms with Gasteiger partial charge in [-0.3, -0.25) is 0 Å². The quantitative estimate of drug-likeness (QED) is 0.152. The number of rotatable bonds is 8. The van der Waals surface area contributed by atoms with E-state index in [9.17, 15) is 0 Å². The molecule has 0 spiro atoms. The summed E-state index contributed by atoms with van der Waals surface area (Å²) in [5.41, 5.74) is 17.5. The minimum atomic E-state index is -0.236. The largest absolute Gasteiger partial charge is 0.310 e. The first-order chi connectivity index (χ1) is 29.5. The van der Waals surface area contributed by atoms with Crippen LogP contribution in [0.4, 0.5) is 34.1 Å². The maximum absolute atomic E-state index is 2.44. The fourth-order valence-electron chi connectivity index (χ4n) is 9.62. The van der Waals surface area contributed by atoms with Gasteiger partial charge in [0.25, 0.3) is 0 Å². The molecule has 1 aliphatic rings. The van der Waals surface area contributed by atoms with Crippen LogP contribution in [0.15, 0.2) is 224 Å². The highest BCUT2D eigenvalue weighted by Crippen LogP contribution is 2.56. The third-order valence-corrected chi connectivity index (χ3v) is 12.3. The molecular weight excluding hydrogens is 727 g/mol. The van der Waals surface area contributed by atoms with E-state index in [0.29, 0.717) is 0 Å². The Balaban J connectivity index is 1.14. The van der Waals surface area contributed by atoms with Crippen molar-refractivity contribution in [1.82, 2.24) is 4.57 Å². The van der Waals surface area contributed by atoms with Crippen molar-refractivity contribution >= 4 is 55.9 Å². The lowest BCUT2D eigenvalue weighted by Crippen LogP contribution is -2.21. The molecule has 0 amide bonds. The van der Waals surface area contributed by atoms with Crippen LogP contribution in [0.5, 0.6) is 0 Å². The lowest BCUT2D eigenvalue weighted by atomic mass is 9.81. The molecule has 0 saturated heterocycles. The Labute approximate surface area is 351 Å². The zero-order valence-electron chi connectivity index (χ0n) is 33.7. The molecule has 60 heavy (non-hydrogen) atoms. The number of para-hydroxylation sites is 5. The molecule has 0 saturated carbocycles. The zero-order chi connectivity index (χ0) is 40.2. The summed E-state index contributed by atoms with van der Waals surface area (Å²) in [6.07, 6.45) is 0. The molecule has 0 bridgehead atoms. The predicted molar refractivity (Wildman–Crippen MR) is 253 cm³/mol. The molecule has 1 heterocycles. The number of hydrogen-bond donors (Lipinski definition) is 0. The van der Waals surface area contributed by atoms with Gasteiger partial charge in [-0.2, -0.15) is 0 Å². The molecule has 0 unspecified atom stereocenters. The summed E-state index contributed by atoms with van der Waals surface area (Å²) in [4.78, 5) is 4.87. The van der Waals surface area contributed by atoms with Gasteiger partial charge in [-0.05, 0) is 118 Å². The van der Waals surface area contributed by atoms with E-state index in [2.05, 4.69) is 253 Å². The summed E-state index contributed by atoms with van der Waals surface area (Å²) in [5, 5.41) is 2.50. The Hall–Kier alpha value is -7.62. The van der Waals surface area contributed by atoms with Crippen LogP contribution in [0.25, 0.3) is 49.7 Å². The van der Waals surface area contributed by atoms with Crippen molar-refractivity contribution in [3.8, 4) is 27.9 Å². The zero-order valence-corrected chi connectivity index (χ0v) is 33.7. The summed E-state index contributed by atoms with van der Waals surface area (Å²) in [6, 6.07) is 81.5. The van der Waals surface area contributed by atoms with E-state index in [4.69, 9.17) is 0 Å². The highest BCUT2D eigenvalue weighted by atomic mass is 15.2. The van der Waals surface area contributed by atoms with Crippen molar-refractivity contribution in [2.24, 2.45) is 0 Å². The number of anilines is 6. The number of nitrogens with zero attached hydrogens (tertiary/aromatic N) is 3. The smallest absolute Gasteiger partial charge is 0.0547 e. The molecule has 9 aromatic carbocycles. The molecule has 0 radical (unpaired) electrons. The third kappa shape index (κ3) is 5.81. The fraction of sp³-hybridized carbons (Fsp3) is 0.0526. The Morgan fingerprint density at radius 3 is 1.62 bits per heavy atom. The molecule has 10 aromatic rings. The van der Waals surface area contributed by atoms with Gasteiger partial charge < -0.3 is 14.4 Å². The molecule has 0 N–H and O–H groups in total. The first kappa shape index (κ1) is 35.5. The Kier molecular flexibility index (Phi) is 8.49. The van der Waals surface area contributed by atoms with Crippen molar-refractivity contribution in [1.29, 1.82) is 0 Å². The minimum Gasteiger partial charge on any atom is -0.310 e. The lowest BCUT2D eigenvalue weighted by Gasteiger charge is -2.34. The van der Waals surface area contributed by atoms with E-state index < -0.39 is 0 Å². The summed E-state index contributed by atoms with van der Waals surface area (Å²) >= 11 is 0. The van der Waals surface area contributed by atoms with E-state index in [-0.39, 0.29) is 5.41 Å². The van der Waals surface area contributed by atoms with Gasteiger partial charge in [0.1, 0.15) is 0 Å². The number of fused-ring (bicyclic) bond motifs is 6. The lowest BCUT2D eigenvalue weighted by molar-refractivity contribution is 0.661. The van der Waals surface area contributed by atoms with Gasteiger partial charge >= 0.3 is 0 Å².